The Labute approximate surface area is 238 Å². The summed E-state index contributed by atoms with van der Waals surface area (Å²) in [4.78, 5) is 23.1. The van der Waals surface area contributed by atoms with Crippen molar-refractivity contribution in [3.63, 3.8) is 0 Å². The van der Waals surface area contributed by atoms with Gasteiger partial charge in [0.1, 0.15) is 6.33 Å². The number of rotatable bonds is 9. The number of aromatic nitrogens is 2. The SMILES string of the molecule is C1=CCC=CC(c2ccccc2)=C1.CC.CCN(C)CCC(C)OC.CCc1ncncc1CN(C)C(C)=O. The molecule has 39 heavy (non-hydrogen) atoms. The number of methoxy groups -OCH3 is 1. The maximum absolute atomic E-state index is 11.0. The minimum absolute atomic E-state index is 0.0518. The molecule has 1 amide bonds. The summed E-state index contributed by atoms with van der Waals surface area (Å²) < 4.78 is 5.12. The number of carbonyl (C=O) groups is 1. The van der Waals surface area contributed by atoms with Gasteiger partial charge in [-0.15, -0.1) is 0 Å². The molecule has 1 aliphatic carbocycles. The fourth-order valence-electron chi connectivity index (χ4n) is 3.28. The van der Waals surface area contributed by atoms with Crippen molar-refractivity contribution in [2.45, 2.75) is 73.5 Å². The first-order valence-electron chi connectivity index (χ1n) is 14.1. The van der Waals surface area contributed by atoms with Crippen molar-refractivity contribution in [3.8, 4) is 0 Å². The molecule has 1 aromatic carbocycles. The Morgan fingerprint density at radius 1 is 1.10 bits per heavy atom. The Kier molecular flexibility index (Phi) is 21.0. The third-order valence-corrected chi connectivity index (χ3v) is 6.11. The second kappa shape index (κ2) is 22.9. The Bertz CT molecular complexity index is 976. The zero-order chi connectivity index (χ0) is 29.5. The molecule has 216 valence electrons. The highest BCUT2D eigenvalue weighted by atomic mass is 16.5. The van der Waals surface area contributed by atoms with E-state index < -0.39 is 0 Å². The van der Waals surface area contributed by atoms with Crippen LogP contribution < -0.4 is 0 Å². The Hall–Kier alpha value is -3.09. The summed E-state index contributed by atoms with van der Waals surface area (Å²) in [6.45, 7) is 14.7. The molecule has 6 heteroatoms. The normalized spacial score (nSPS) is 12.4. The van der Waals surface area contributed by atoms with Crippen LogP contribution in [0.25, 0.3) is 5.57 Å². The summed E-state index contributed by atoms with van der Waals surface area (Å²) in [7, 11) is 5.66. The lowest BCUT2D eigenvalue weighted by Gasteiger charge is -2.16. The highest BCUT2D eigenvalue weighted by Crippen LogP contribution is 2.17. The third kappa shape index (κ3) is 16.5. The zero-order valence-electron chi connectivity index (χ0n) is 25.9. The van der Waals surface area contributed by atoms with Gasteiger partial charge in [0.05, 0.1) is 6.10 Å². The summed E-state index contributed by atoms with van der Waals surface area (Å²) in [6.07, 6.45) is 17.5. The molecule has 0 radical (unpaired) electrons. The van der Waals surface area contributed by atoms with Gasteiger partial charge in [-0.25, -0.2) is 9.97 Å². The standard InChI is InChI=1S/C13H12.C10H15N3O.C8H19NO.C2H6/c1-2-5-9-12(8-4-1)13-10-6-3-7-11-13;1-4-10-9(5-11-7-12-10)6-13(3)8(2)14;1-5-9(3)7-6-8(2)10-4;1-2/h1,3-11H,2H2;5,7H,4,6H2,1-3H3;8H,5-7H2,1-4H3;1-2H3. The fourth-order valence-corrected chi connectivity index (χ4v) is 3.28. The van der Waals surface area contributed by atoms with Crippen molar-refractivity contribution in [1.29, 1.82) is 0 Å². The molecule has 6 nitrogen and oxygen atoms in total. The Balaban J connectivity index is 0.000000546. The largest absolute Gasteiger partial charge is 0.382 e. The van der Waals surface area contributed by atoms with Crippen LogP contribution in [0.2, 0.25) is 0 Å². The molecule has 1 unspecified atom stereocenters. The van der Waals surface area contributed by atoms with Gasteiger partial charge in [-0.3, -0.25) is 4.79 Å². The molecule has 0 bridgehead atoms. The van der Waals surface area contributed by atoms with E-state index in [4.69, 9.17) is 4.74 Å². The molecule has 1 heterocycles. The van der Waals surface area contributed by atoms with Gasteiger partial charge >= 0.3 is 0 Å². The highest BCUT2D eigenvalue weighted by Gasteiger charge is 2.07. The molecule has 0 saturated heterocycles. The molecule has 1 atom stereocenters. The monoisotopic (exact) mass is 536 g/mol. The zero-order valence-corrected chi connectivity index (χ0v) is 25.9. The average molecular weight is 537 g/mol. The first-order valence-corrected chi connectivity index (χ1v) is 14.1. The van der Waals surface area contributed by atoms with Crippen LogP contribution in [0.1, 0.15) is 71.2 Å². The van der Waals surface area contributed by atoms with Crippen LogP contribution in [0, 0.1) is 0 Å². The van der Waals surface area contributed by atoms with Crippen LogP contribution in [0.15, 0.2) is 73.2 Å². The number of hydrogen-bond donors (Lipinski definition) is 0. The molecule has 0 spiro atoms. The number of aryl methyl sites for hydroxylation is 1. The van der Waals surface area contributed by atoms with E-state index in [1.54, 1.807) is 32.2 Å². The van der Waals surface area contributed by atoms with Gasteiger partial charge in [0.15, 0.2) is 0 Å². The van der Waals surface area contributed by atoms with E-state index >= 15 is 0 Å². The molecule has 0 fully saturated rings. The lowest BCUT2D eigenvalue weighted by Crippen LogP contribution is -2.24. The number of benzene rings is 1. The van der Waals surface area contributed by atoms with Crippen LogP contribution in [0.3, 0.4) is 0 Å². The second-order valence-corrected chi connectivity index (χ2v) is 9.01. The molecular formula is C33H52N4O2. The second-order valence-electron chi connectivity index (χ2n) is 9.01. The van der Waals surface area contributed by atoms with E-state index in [-0.39, 0.29) is 5.91 Å². The summed E-state index contributed by atoms with van der Waals surface area (Å²) in [6, 6.07) is 10.4. The van der Waals surface area contributed by atoms with E-state index in [0.29, 0.717) is 12.6 Å². The third-order valence-electron chi connectivity index (χ3n) is 6.11. The van der Waals surface area contributed by atoms with Crippen molar-refractivity contribution in [2.75, 3.05) is 34.3 Å². The fraction of sp³-hybridized carbons (Fsp3) is 0.485. The predicted molar refractivity (Wildman–Crippen MR) is 166 cm³/mol. The molecule has 0 aliphatic heterocycles. The van der Waals surface area contributed by atoms with Crippen molar-refractivity contribution in [1.82, 2.24) is 19.8 Å². The molecular weight excluding hydrogens is 484 g/mol. The predicted octanol–water partition coefficient (Wildman–Crippen LogP) is 6.99. The minimum atomic E-state index is 0.0518. The number of hydrogen-bond acceptors (Lipinski definition) is 5. The van der Waals surface area contributed by atoms with Gasteiger partial charge in [-0.1, -0.05) is 88.4 Å². The van der Waals surface area contributed by atoms with Crippen LogP contribution >= 0.6 is 0 Å². The molecule has 3 rings (SSSR count). The quantitative estimate of drug-likeness (QED) is 0.346. The first kappa shape index (κ1) is 35.9. The van der Waals surface area contributed by atoms with Gasteiger partial charge in [0.25, 0.3) is 0 Å². The van der Waals surface area contributed by atoms with Gasteiger partial charge in [0, 0.05) is 51.6 Å². The molecule has 1 aromatic heterocycles. The van der Waals surface area contributed by atoms with E-state index in [1.165, 1.54) is 17.5 Å². The topological polar surface area (TPSA) is 58.6 Å². The first-order chi connectivity index (χ1) is 18.8. The number of ether oxygens (including phenoxy) is 1. The van der Waals surface area contributed by atoms with Crippen LogP contribution in [-0.4, -0.2) is 66.1 Å². The van der Waals surface area contributed by atoms with E-state index in [0.717, 1.165) is 43.6 Å². The molecule has 0 saturated carbocycles. The van der Waals surface area contributed by atoms with E-state index in [1.807, 2.05) is 26.8 Å². The number of nitrogens with zero attached hydrogens (tertiary/aromatic N) is 4. The van der Waals surface area contributed by atoms with Crippen LogP contribution in [0.5, 0.6) is 0 Å². The average Bonchev–Trinajstić information content (AvgIpc) is 3.28. The molecule has 1 aliphatic rings. The minimum Gasteiger partial charge on any atom is -0.382 e. The summed E-state index contributed by atoms with van der Waals surface area (Å²) in [5.74, 6) is 0.0518. The number of allylic oxidation sites excluding steroid dienone is 6. The summed E-state index contributed by atoms with van der Waals surface area (Å²) >= 11 is 0. The van der Waals surface area contributed by atoms with Crippen LogP contribution in [0.4, 0.5) is 0 Å². The van der Waals surface area contributed by atoms with Crippen molar-refractivity contribution in [3.05, 3.63) is 90.1 Å². The van der Waals surface area contributed by atoms with Gasteiger partial charge in [0.2, 0.25) is 5.91 Å². The maximum atomic E-state index is 11.0. The van der Waals surface area contributed by atoms with Crippen molar-refractivity contribution >= 4 is 11.5 Å². The van der Waals surface area contributed by atoms with Crippen LogP contribution in [-0.2, 0) is 22.5 Å². The highest BCUT2D eigenvalue weighted by molar-refractivity contribution is 5.75. The Morgan fingerprint density at radius 3 is 2.38 bits per heavy atom. The molecule has 0 N–H and O–H groups in total. The lowest BCUT2D eigenvalue weighted by atomic mass is 10.1. The van der Waals surface area contributed by atoms with Gasteiger partial charge in [-0.2, -0.15) is 0 Å². The Morgan fingerprint density at radius 2 is 1.79 bits per heavy atom. The summed E-state index contributed by atoms with van der Waals surface area (Å²) in [5, 5.41) is 0. The number of amides is 1. The van der Waals surface area contributed by atoms with Crippen molar-refractivity contribution in [2.24, 2.45) is 0 Å². The smallest absolute Gasteiger partial charge is 0.219 e. The molecule has 2 aromatic rings. The van der Waals surface area contributed by atoms with Gasteiger partial charge < -0.3 is 14.5 Å². The number of carbonyl (C=O) groups excluding carboxylic acids is 1. The maximum Gasteiger partial charge on any atom is 0.219 e. The van der Waals surface area contributed by atoms with Gasteiger partial charge in [-0.05, 0) is 50.9 Å². The van der Waals surface area contributed by atoms with Crippen molar-refractivity contribution < 1.29 is 9.53 Å². The lowest BCUT2D eigenvalue weighted by molar-refractivity contribution is -0.128. The van der Waals surface area contributed by atoms with E-state index in [2.05, 4.69) is 90.4 Å². The summed E-state index contributed by atoms with van der Waals surface area (Å²) in [5.41, 5.74) is 4.60. The van der Waals surface area contributed by atoms with E-state index in [9.17, 15) is 4.79 Å².